The molecule has 1 aliphatic rings. The molecule has 3 nitrogen and oxygen atoms in total. The SMILES string of the molecule is c1ccc(-c2cccc(C3(c4ccccc4)c4ccccc4-c4c(-c5ccc(-n6c7ccccc7c7ccc(N(c8ccc9c(c8)oc8cc%10ccccc%10cc89)c8cccc9ccccc89)cc76)cc5)cc(-c5ccccc5)cc43)c2)cc1. The van der Waals surface area contributed by atoms with Gasteiger partial charge in [0.15, 0.2) is 0 Å². The van der Waals surface area contributed by atoms with E-state index in [2.05, 4.69) is 325 Å². The van der Waals surface area contributed by atoms with E-state index < -0.39 is 5.41 Å². The molecule has 0 aliphatic heterocycles. The fourth-order valence-electron chi connectivity index (χ4n) is 14.1. The number of anilines is 3. The average Bonchev–Trinajstić information content (AvgIpc) is 1.88. The van der Waals surface area contributed by atoms with Gasteiger partial charge < -0.3 is 13.9 Å². The summed E-state index contributed by atoms with van der Waals surface area (Å²) >= 11 is 0. The number of fused-ring (bicyclic) bond motifs is 11. The molecule has 1 atom stereocenters. The Bertz CT molecular complexity index is 5250. The Balaban J connectivity index is 0.855. The van der Waals surface area contributed by atoms with E-state index in [-0.39, 0.29) is 0 Å². The summed E-state index contributed by atoms with van der Waals surface area (Å²) in [5, 5.41) is 9.32. The summed E-state index contributed by atoms with van der Waals surface area (Å²) in [4.78, 5) is 2.40. The van der Waals surface area contributed by atoms with Gasteiger partial charge >= 0.3 is 0 Å². The van der Waals surface area contributed by atoms with Crippen LogP contribution in [-0.4, -0.2) is 4.57 Å². The van der Waals surface area contributed by atoms with E-state index in [1.54, 1.807) is 0 Å². The third-order valence-corrected chi connectivity index (χ3v) is 17.8. The first-order chi connectivity index (χ1) is 41.6. The van der Waals surface area contributed by atoms with Crippen LogP contribution in [0.5, 0.6) is 0 Å². The zero-order valence-electron chi connectivity index (χ0n) is 45.8. The molecular weight excluding hydrogens is 1020 g/mol. The molecule has 1 unspecified atom stereocenters. The number of para-hydroxylation sites is 1. The number of hydrogen-bond donors (Lipinski definition) is 0. The second-order valence-corrected chi connectivity index (χ2v) is 22.3. The van der Waals surface area contributed by atoms with Crippen molar-refractivity contribution < 1.29 is 4.42 Å². The fraction of sp³-hybridized carbons (Fsp3) is 0.0123. The first-order valence-electron chi connectivity index (χ1n) is 29.0. The van der Waals surface area contributed by atoms with Gasteiger partial charge in [-0.25, -0.2) is 0 Å². The highest BCUT2D eigenvalue weighted by molar-refractivity contribution is 6.13. The van der Waals surface area contributed by atoms with Gasteiger partial charge in [-0.1, -0.05) is 231 Å². The molecule has 0 bridgehead atoms. The van der Waals surface area contributed by atoms with Crippen LogP contribution in [0.25, 0.3) is 115 Å². The van der Waals surface area contributed by atoms with E-state index in [4.69, 9.17) is 4.42 Å². The average molecular weight is 1070 g/mol. The van der Waals surface area contributed by atoms with E-state index in [1.807, 2.05) is 0 Å². The van der Waals surface area contributed by atoms with Gasteiger partial charge in [0.2, 0.25) is 0 Å². The summed E-state index contributed by atoms with van der Waals surface area (Å²) in [6.07, 6.45) is 0. The van der Waals surface area contributed by atoms with Crippen LogP contribution < -0.4 is 4.90 Å². The Morgan fingerprint density at radius 1 is 0.298 bits per heavy atom. The van der Waals surface area contributed by atoms with Gasteiger partial charge in [0, 0.05) is 50.1 Å². The molecule has 17 rings (SSSR count). The third kappa shape index (κ3) is 7.39. The van der Waals surface area contributed by atoms with Gasteiger partial charge in [0.1, 0.15) is 11.2 Å². The maximum Gasteiger partial charge on any atom is 0.137 e. The third-order valence-electron chi connectivity index (χ3n) is 17.8. The second-order valence-electron chi connectivity index (χ2n) is 22.3. The maximum atomic E-state index is 6.75. The Hall–Kier alpha value is -11.0. The number of furan rings is 1. The maximum absolute atomic E-state index is 6.75. The van der Waals surface area contributed by atoms with Crippen LogP contribution in [0.1, 0.15) is 22.3 Å². The zero-order valence-corrected chi connectivity index (χ0v) is 45.8. The summed E-state index contributed by atoms with van der Waals surface area (Å²) in [6.45, 7) is 0. The van der Waals surface area contributed by atoms with Gasteiger partial charge in [-0.15, -0.1) is 0 Å². The normalized spacial score (nSPS) is 13.8. The van der Waals surface area contributed by atoms with E-state index in [9.17, 15) is 0 Å². The monoisotopic (exact) mass is 1070 g/mol. The number of rotatable bonds is 9. The first kappa shape index (κ1) is 47.8. The molecule has 0 amide bonds. The number of aromatic nitrogens is 1. The topological polar surface area (TPSA) is 21.3 Å². The predicted molar refractivity (Wildman–Crippen MR) is 351 cm³/mol. The van der Waals surface area contributed by atoms with Crippen molar-refractivity contribution in [2.45, 2.75) is 5.41 Å². The highest BCUT2D eigenvalue weighted by Gasteiger charge is 2.47. The lowest BCUT2D eigenvalue weighted by molar-refractivity contribution is 0.669. The molecule has 0 saturated carbocycles. The minimum atomic E-state index is -0.620. The van der Waals surface area contributed by atoms with Crippen LogP contribution in [0.15, 0.2) is 320 Å². The van der Waals surface area contributed by atoms with E-state index in [1.165, 1.54) is 93.5 Å². The summed E-state index contributed by atoms with van der Waals surface area (Å²) in [5.41, 5.74) is 22.3. The van der Waals surface area contributed by atoms with Gasteiger partial charge in [-0.3, -0.25) is 0 Å². The van der Waals surface area contributed by atoms with Crippen LogP contribution >= 0.6 is 0 Å². The molecule has 2 aromatic heterocycles. The number of hydrogen-bond acceptors (Lipinski definition) is 2. The summed E-state index contributed by atoms with van der Waals surface area (Å²) in [5.74, 6) is 0. The van der Waals surface area contributed by atoms with E-state index in [0.717, 1.165) is 61.3 Å². The first-order valence-corrected chi connectivity index (χ1v) is 29.0. The van der Waals surface area contributed by atoms with Crippen LogP contribution in [0.2, 0.25) is 0 Å². The molecule has 2 heterocycles. The Morgan fingerprint density at radius 2 is 0.881 bits per heavy atom. The highest BCUT2D eigenvalue weighted by Crippen LogP contribution is 2.60. The standard InChI is InChI=1S/C81H52N2O/c1-4-20-53(21-5-1)57-28-18-31-62(46-57)81(61-29-8-3-9-30-61)73-35-16-14-34-70(73)80-71(48-60(49-74(80)81)54-22-6-2-7-23-54)56-38-40-63(41-39-56)83-76-36-17-15-33-67(76)68-44-42-64(51-77(68)83)82(75-37-19-27-55-24-12-13-32-66(55)75)65-43-45-69-72-47-58-25-10-11-26-59(58)50-78(72)84-79(69)52-65/h1-52H. The number of nitrogens with zero attached hydrogens (tertiary/aromatic N) is 2. The molecule has 16 aromatic rings. The van der Waals surface area contributed by atoms with E-state index in [0.29, 0.717) is 0 Å². The lowest BCUT2D eigenvalue weighted by Crippen LogP contribution is -2.28. The molecule has 14 aromatic carbocycles. The predicted octanol–water partition coefficient (Wildman–Crippen LogP) is 21.8. The van der Waals surface area contributed by atoms with Crippen LogP contribution in [0.3, 0.4) is 0 Å². The molecule has 0 fully saturated rings. The largest absolute Gasteiger partial charge is 0.456 e. The van der Waals surface area contributed by atoms with Gasteiger partial charge in [-0.05, 0) is 162 Å². The summed E-state index contributed by atoms with van der Waals surface area (Å²) in [7, 11) is 0. The van der Waals surface area contributed by atoms with Crippen molar-refractivity contribution in [2.24, 2.45) is 0 Å². The molecular formula is C81H52N2O. The van der Waals surface area contributed by atoms with Crippen molar-refractivity contribution in [1.29, 1.82) is 0 Å². The molecule has 3 heteroatoms. The molecule has 0 saturated heterocycles. The summed E-state index contributed by atoms with van der Waals surface area (Å²) in [6, 6.07) is 116. The quantitative estimate of drug-likeness (QED) is 0.144. The van der Waals surface area contributed by atoms with Gasteiger partial charge in [0.05, 0.1) is 22.1 Å². The molecule has 0 N–H and O–H groups in total. The Labute approximate surface area is 486 Å². The Morgan fingerprint density at radius 3 is 1.68 bits per heavy atom. The Kier molecular flexibility index (Phi) is 10.8. The van der Waals surface area contributed by atoms with Crippen LogP contribution in [0.4, 0.5) is 17.1 Å². The van der Waals surface area contributed by atoms with Crippen molar-refractivity contribution in [3.63, 3.8) is 0 Å². The van der Waals surface area contributed by atoms with E-state index >= 15 is 0 Å². The lowest BCUT2D eigenvalue weighted by atomic mass is 9.67. The van der Waals surface area contributed by atoms with Crippen molar-refractivity contribution in [1.82, 2.24) is 4.57 Å². The van der Waals surface area contributed by atoms with Crippen molar-refractivity contribution >= 4 is 82.4 Å². The molecule has 0 radical (unpaired) electrons. The number of benzene rings is 14. The van der Waals surface area contributed by atoms with Gasteiger partial charge in [0.25, 0.3) is 0 Å². The lowest BCUT2D eigenvalue weighted by Gasteiger charge is -2.34. The highest BCUT2D eigenvalue weighted by atomic mass is 16.3. The van der Waals surface area contributed by atoms with Gasteiger partial charge in [-0.2, -0.15) is 0 Å². The van der Waals surface area contributed by atoms with Crippen LogP contribution in [0, 0.1) is 0 Å². The summed E-state index contributed by atoms with van der Waals surface area (Å²) < 4.78 is 9.20. The molecule has 0 spiro atoms. The van der Waals surface area contributed by atoms with Crippen LogP contribution in [-0.2, 0) is 5.41 Å². The van der Waals surface area contributed by atoms with Crippen molar-refractivity contribution in [3.8, 4) is 50.2 Å². The molecule has 1 aliphatic carbocycles. The minimum absolute atomic E-state index is 0.620. The van der Waals surface area contributed by atoms with Crippen molar-refractivity contribution in [3.05, 3.63) is 338 Å². The fourth-order valence-corrected chi connectivity index (χ4v) is 14.1. The van der Waals surface area contributed by atoms with Crippen molar-refractivity contribution in [2.75, 3.05) is 4.90 Å². The molecule has 392 valence electrons. The second kappa shape index (κ2) is 19.1. The minimum Gasteiger partial charge on any atom is -0.456 e. The zero-order chi connectivity index (χ0) is 55.3. The molecule has 84 heavy (non-hydrogen) atoms. The smallest absolute Gasteiger partial charge is 0.137 e.